The molecule has 0 atom stereocenters. The van der Waals surface area contributed by atoms with Gasteiger partial charge in [0.25, 0.3) is 0 Å². The van der Waals surface area contributed by atoms with Gasteiger partial charge in [0, 0.05) is 50.3 Å². The first-order chi connectivity index (χ1) is 19.9. The molecule has 0 radical (unpaired) electrons. The fourth-order valence-corrected chi connectivity index (χ4v) is 4.80. The Balaban J connectivity index is 1.29. The molecular formula is C26H27ClN12O2. The first kappa shape index (κ1) is 27.7. The van der Waals surface area contributed by atoms with Crippen LogP contribution >= 0.6 is 11.6 Å². The van der Waals surface area contributed by atoms with Gasteiger partial charge in [-0.25, -0.2) is 29.7 Å². The Morgan fingerprint density at radius 3 is 2.39 bits per heavy atom. The fraction of sp³-hybridized carbons (Fsp3) is 0.346. The number of nitrogens with one attached hydrogen (secondary N) is 2. The van der Waals surface area contributed by atoms with Crippen LogP contribution in [-0.2, 0) is 0 Å². The van der Waals surface area contributed by atoms with Crippen LogP contribution in [0.5, 0.6) is 6.01 Å². The number of halogens is 1. The monoisotopic (exact) mass is 574 g/mol. The molecule has 0 unspecified atom stereocenters. The van der Waals surface area contributed by atoms with Crippen molar-refractivity contribution in [3.8, 4) is 34.7 Å². The van der Waals surface area contributed by atoms with Gasteiger partial charge in [0.15, 0.2) is 5.82 Å². The molecule has 0 bridgehead atoms. The second-order valence-electron chi connectivity index (χ2n) is 9.56. The number of hydrogen-bond donors (Lipinski definition) is 2. The Labute approximate surface area is 240 Å². The number of methoxy groups -OCH3 is 1. The van der Waals surface area contributed by atoms with E-state index in [0.29, 0.717) is 39.4 Å². The van der Waals surface area contributed by atoms with Crippen LogP contribution in [0.15, 0.2) is 37.2 Å². The summed E-state index contributed by atoms with van der Waals surface area (Å²) < 4.78 is 5.01. The number of aromatic nitrogens is 8. The summed E-state index contributed by atoms with van der Waals surface area (Å²) in [4.78, 5) is 42.6. The number of hydrogen-bond acceptors (Lipinski definition) is 11. The molecule has 1 aliphatic rings. The van der Waals surface area contributed by atoms with Crippen molar-refractivity contribution in [2.75, 3.05) is 31.4 Å². The Kier molecular flexibility index (Phi) is 8.16. The smallest absolute Gasteiger partial charge is 0.325 e. The lowest BCUT2D eigenvalue weighted by Gasteiger charge is -2.37. The molecule has 1 aliphatic carbocycles. The molecular weight excluding hydrogens is 548 g/mol. The molecule has 14 nitrogen and oxygen atoms in total. The number of nitrogens with zero attached hydrogens (tertiary/aromatic N) is 10. The first-order valence-corrected chi connectivity index (χ1v) is 13.2. The number of ether oxygens (including phenoxy) is 1. The molecule has 0 aliphatic heterocycles. The third-order valence-electron chi connectivity index (χ3n) is 6.70. The summed E-state index contributed by atoms with van der Waals surface area (Å²) in [6.45, 7) is 0. The SMILES string of the molecule is COc1ncc(-c2cnc(N(C(=O)N(C)C)[C@H]3CC[C@H](Nc4ncc(C#N)c(-c5n[nH]cc5Cl)n4)CC3)cn2)cn1. The lowest BCUT2D eigenvalue weighted by atomic mass is 9.90. The normalized spacial score (nSPS) is 16.5. The summed E-state index contributed by atoms with van der Waals surface area (Å²) in [7, 11) is 4.92. The molecule has 210 valence electrons. The van der Waals surface area contributed by atoms with Crippen molar-refractivity contribution in [2.24, 2.45) is 0 Å². The highest BCUT2D eigenvalue weighted by Gasteiger charge is 2.32. The summed E-state index contributed by atoms with van der Waals surface area (Å²) in [5.74, 6) is 0.848. The molecule has 4 aromatic heterocycles. The quantitative estimate of drug-likeness (QED) is 0.330. The maximum absolute atomic E-state index is 13.2. The molecule has 5 rings (SSSR count). The van der Waals surface area contributed by atoms with E-state index < -0.39 is 0 Å². The fourth-order valence-electron chi connectivity index (χ4n) is 4.62. The number of anilines is 2. The van der Waals surface area contributed by atoms with E-state index in [2.05, 4.69) is 51.5 Å². The van der Waals surface area contributed by atoms with E-state index in [0.717, 1.165) is 25.7 Å². The number of H-pyrrole nitrogens is 1. The third-order valence-corrected chi connectivity index (χ3v) is 6.99. The average Bonchev–Trinajstić information content (AvgIpc) is 3.44. The Hall–Kier alpha value is -4.90. The zero-order valence-electron chi connectivity index (χ0n) is 22.6. The molecule has 15 heteroatoms. The number of urea groups is 1. The van der Waals surface area contributed by atoms with Crippen LogP contribution in [0.4, 0.5) is 16.6 Å². The van der Waals surface area contributed by atoms with Crippen molar-refractivity contribution in [1.29, 1.82) is 5.26 Å². The molecule has 0 spiro atoms. The van der Waals surface area contributed by atoms with Gasteiger partial charge < -0.3 is 15.0 Å². The summed E-state index contributed by atoms with van der Waals surface area (Å²) in [6.07, 6.45) is 12.4. The van der Waals surface area contributed by atoms with Gasteiger partial charge in [0.2, 0.25) is 5.95 Å². The molecule has 2 amide bonds. The maximum Gasteiger partial charge on any atom is 0.325 e. The highest BCUT2D eigenvalue weighted by atomic mass is 35.5. The van der Waals surface area contributed by atoms with Gasteiger partial charge in [0.1, 0.15) is 17.5 Å². The second-order valence-corrected chi connectivity index (χ2v) is 9.97. The summed E-state index contributed by atoms with van der Waals surface area (Å²) >= 11 is 6.20. The molecule has 0 saturated heterocycles. The predicted octanol–water partition coefficient (Wildman–Crippen LogP) is 3.56. The highest BCUT2D eigenvalue weighted by Crippen LogP contribution is 2.31. The number of nitriles is 1. The molecule has 4 heterocycles. The van der Waals surface area contributed by atoms with Crippen LogP contribution in [0, 0.1) is 11.3 Å². The van der Waals surface area contributed by atoms with E-state index in [1.807, 2.05) is 0 Å². The van der Waals surface area contributed by atoms with Gasteiger partial charge in [-0.1, -0.05) is 11.6 Å². The number of amides is 2. The molecule has 2 N–H and O–H groups in total. The van der Waals surface area contributed by atoms with Gasteiger partial charge in [-0.05, 0) is 25.7 Å². The summed E-state index contributed by atoms with van der Waals surface area (Å²) in [5, 5.41) is 20.0. The number of aromatic amines is 1. The van der Waals surface area contributed by atoms with Crippen molar-refractivity contribution in [2.45, 2.75) is 37.8 Å². The lowest BCUT2D eigenvalue weighted by molar-refractivity contribution is 0.218. The van der Waals surface area contributed by atoms with E-state index in [-0.39, 0.29) is 29.7 Å². The first-order valence-electron chi connectivity index (χ1n) is 12.8. The van der Waals surface area contributed by atoms with Crippen LogP contribution in [0.25, 0.3) is 22.6 Å². The van der Waals surface area contributed by atoms with Gasteiger partial charge >= 0.3 is 12.0 Å². The largest absolute Gasteiger partial charge is 0.467 e. The molecule has 4 aromatic rings. The molecule has 1 fully saturated rings. The van der Waals surface area contributed by atoms with Crippen molar-refractivity contribution in [1.82, 2.24) is 45.0 Å². The Bertz CT molecular complexity index is 1540. The lowest BCUT2D eigenvalue weighted by Crippen LogP contribution is -2.48. The van der Waals surface area contributed by atoms with Crippen LogP contribution in [0.2, 0.25) is 5.02 Å². The minimum atomic E-state index is -0.174. The molecule has 41 heavy (non-hydrogen) atoms. The standard InChI is InChI=1S/C26H27ClN12O2/c1-38(2)26(40)39(21-14-29-20(13-30-21)16-10-32-25(41-3)33-11-16)18-6-4-17(5-7-18)35-24-31-9-15(8-28)22(36-24)23-19(27)12-34-37-23/h9-14,17-18H,4-7H2,1-3H3,(H,34,37)(H,31,35,36)/t17-,18-. The van der Waals surface area contributed by atoms with E-state index >= 15 is 0 Å². The summed E-state index contributed by atoms with van der Waals surface area (Å²) in [5.41, 5.74) is 2.29. The summed E-state index contributed by atoms with van der Waals surface area (Å²) in [6, 6.07) is 2.17. The maximum atomic E-state index is 13.2. The minimum Gasteiger partial charge on any atom is -0.467 e. The second kappa shape index (κ2) is 12.1. The van der Waals surface area contributed by atoms with Gasteiger partial charge in [-0.3, -0.25) is 15.0 Å². The zero-order chi connectivity index (χ0) is 28.9. The van der Waals surface area contributed by atoms with E-state index in [1.54, 1.807) is 43.8 Å². The van der Waals surface area contributed by atoms with Gasteiger partial charge in [-0.15, -0.1) is 0 Å². The number of carbonyl (C=O) groups is 1. The highest BCUT2D eigenvalue weighted by molar-refractivity contribution is 6.32. The molecule has 1 saturated carbocycles. The van der Waals surface area contributed by atoms with Crippen molar-refractivity contribution in [3.05, 3.63) is 47.8 Å². The minimum absolute atomic E-state index is 0.0709. The van der Waals surface area contributed by atoms with E-state index in [4.69, 9.17) is 16.3 Å². The third kappa shape index (κ3) is 5.99. The Morgan fingerprint density at radius 1 is 1.05 bits per heavy atom. The van der Waals surface area contributed by atoms with Crippen LogP contribution in [-0.4, -0.2) is 84.3 Å². The van der Waals surface area contributed by atoms with Gasteiger partial charge in [0.05, 0.1) is 42.0 Å². The topological polar surface area (TPSA) is 175 Å². The van der Waals surface area contributed by atoms with E-state index in [1.165, 1.54) is 24.4 Å². The van der Waals surface area contributed by atoms with Crippen molar-refractivity contribution in [3.63, 3.8) is 0 Å². The predicted molar refractivity (Wildman–Crippen MR) is 150 cm³/mol. The number of carbonyl (C=O) groups excluding carboxylic acids is 1. The van der Waals surface area contributed by atoms with Crippen LogP contribution < -0.4 is 15.0 Å². The Morgan fingerprint density at radius 2 is 1.80 bits per heavy atom. The van der Waals surface area contributed by atoms with Crippen molar-refractivity contribution >= 4 is 29.4 Å². The van der Waals surface area contributed by atoms with E-state index in [9.17, 15) is 10.1 Å². The van der Waals surface area contributed by atoms with Gasteiger partial charge in [-0.2, -0.15) is 10.4 Å². The van der Waals surface area contributed by atoms with Crippen LogP contribution in [0.1, 0.15) is 31.2 Å². The number of rotatable bonds is 7. The molecule has 0 aromatic carbocycles. The van der Waals surface area contributed by atoms with Crippen molar-refractivity contribution < 1.29 is 9.53 Å². The zero-order valence-corrected chi connectivity index (χ0v) is 23.4. The van der Waals surface area contributed by atoms with Crippen LogP contribution in [0.3, 0.4) is 0 Å². The average molecular weight is 575 g/mol.